The van der Waals surface area contributed by atoms with Gasteiger partial charge in [0.15, 0.2) is 0 Å². The molecule has 1 saturated heterocycles. The minimum atomic E-state index is -0.191. The van der Waals surface area contributed by atoms with Crippen molar-refractivity contribution in [2.75, 3.05) is 18.0 Å². The molecule has 146 valence electrons. The van der Waals surface area contributed by atoms with Gasteiger partial charge in [-0.15, -0.1) is 0 Å². The normalized spacial score (nSPS) is 30.2. The van der Waals surface area contributed by atoms with E-state index in [4.69, 9.17) is 0 Å². The first-order chi connectivity index (χ1) is 13.1. The highest BCUT2D eigenvalue weighted by Crippen LogP contribution is 2.38. The first-order valence-corrected chi connectivity index (χ1v) is 10.6. The topological polar surface area (TPSA) is 61.4 Å². The van der Waals surface area contributed by atoms with Gasteiger partial charge in [-0.2, -0.15) is 0 Å². The summed E-state index contributed by atoms with van der Waals surface area (Å²) in [5.41, 5.74) is 2.28. The van der Waals surface area contributed by atoms with Gasteiger partial charge in [0.25, 0.3) is 0 Å². The van der Waals surface area contributed by atoms with Crippen molar-refractivity contribution in [1.29, 1.82) is 0 Å². The molecule has 0 radical (unpaired) electrons. The van der Waals surface area contributed by atoms with Crippen molar-refractivity contribution in [2.45, 2.75) is 64.0 Å². The number of benzene rings is 1. The molecule has 3 aliphatic rings. The lowest BCUT2D eigenvalue weighted by Gasteiger charge is -2.34. The third kappa shape index (κ3) is 3.75. The molecule has 5 heteroatoms. The number of carbonyl (C=O) groups excluding carboxylic acids is 2. The Morgan fingerprint density at radius 2 is 1.89 bits per heavy atom. The summed E-state index contributed by atoms with van der Waals surface area (Å²) >= 11 is 0. The van der Waals surface area contributed by atoms with Crippen LogP contribution in [0.25, 0.3) is 0 Å². The van der Waals surface area contributed by atoms with Crippen molar-refractivity contribution >= 4 is 17.5 Å². The fraction of sp³-hybridized carbons (Fsp3) is 0.636. The Bertz CT molecular complexity index is 699. The zero-order valence-corrected chi connectivity index (χ0v) is 16.2. The second kappa shape index (κ2) is 8.01. The number of hydrogen-bond acceptors (Lipinski definition) is 3. The summed E-state index contributed by atoms with van der Waals surface area (Å²) < 4.78 is 0. The summed E-state index contributed by atoms with van der Waals surface area (Å²) in [6.07, 6.45) is 6.92. The van der Waals surface area contributed by atoms with Crippen LogP contribution in [0, 0.1) is 11.8 Å². The van der Waals surface area contributed by atoms with Gasteiger partial charge >= 0.3 is 0 Å². The number of nitrogens with one attached hydrogen (secondary N) is 2. The predicted octanol–water partition coefficient (Wildman–Crippen LogP) is 2.64. The standard InChI is InChI=1S/C22H31N3O2/c1-15-13-16-7-2-5-11-20(16)25(15)22(27)19-10-4-3-9-18(19)21(26)24-14-17-8-6-12-23-17/h2,5,7,11,15,17-19,23H,3-4,6,8-10,12-14H2,1H3,(H,24,26). The summed E-state index contributed by atoms with van der Waals surface area (Å²) in [5, 5.41) is 6.55. The SMILES string of the molecule is CC1Cc2ccccc2N1C(=O)C1CCCCC1C(=O)NCC1CCCN1. The molecule has 1 saturated carbocycles. The Kier molecular flexibility index (Phi) is 5.48. The maximum absolute atomic E-state index is 13.5. The van der Waals surface area contributed by atoms with Crippen LogP contribution in [0.1, 0.15) is 51.0 Å². The number of para-hydroxylation sites is 1. The molecule has 0 bridgehead atoms. The molecular formula is C22H31N3O2. The van der Waals surface area contributed by atoms with E-state index in [2.05, 4.69) is 23.6 Å². The molecule has 2 N–H and O–H groups in total. The second-order valence-corrected chi connectivity index (χ2v) is 8.43. The van der Waals surface area contributed by atoms with Gasteiger partial charge in [0.05, 0.1) is 5.92 Å². The predicted molar refractivity (Wildman–Crippen MR) is 107 cm³/mol. The summed E-state index contributed by atoms with van der Waals surface area (Å²) in [6.45, 7) is 3.83. The number of carbonyl (C=O) groups is 2. The van der Waals surface area contributed by atoms with Crippen LogP contribution in [0.4, 0.5) is 5.69 Å². The molecule has 4 atom stereocenters. The van der Waals surface area contributed by atoms with Gasteiger partial charge in [-0.1, -0.05) is 31.0 Å². The number of rotatable bonds is 4. The largest absolute Gasteiger partial charge is 0.354 e. The zero-order valence-electron chi connectivity index (χ0n) is 16.2. The molecule has 2 aliphatic heterocycles. The third-order valence-electron chi connectivity index (χ3n) is 6.55. The lowest BCUT2D eigenvalue weighted by atomic mass is 9.77. The number of fused-ring (bicyclic) bond motifs is 1. The highest BCUT2D eigenvalue weighted by atomic mass is 16.2. The van der Waals surface area contributed by atoms with Crippen molar-refractivity contribution in [3.05, 3.63) is 29.8 Å². The van der Waals surface area contributed by atoms with E-state index >= 15 is 0 Å². The van der Waals surface area contributed by atoms with Crippen LogP contribution in [0.5, 0.6) is 0 Å². The van der Waals surface area contributed by atoms with Crippen molar-refractivity contribution < 1.29 is 9.59 Å². The molecule has 2 amide bonds. The molecule has 1 aromatic carbocycles. The van der Waals surface area contributed by atoms with Crippen LogP contribution in [0.3, 0.4) is 0 Å². The highest BCUT2D eigenvalue weighted by molar-refractivity contribution is 6.00. The Hall–Kier alpha value is -1.88. The molecule has 2 heterocycles. The van der Waals surface area contributed by atoms with E-state index < -0.39 is 0 Å². The van der Waals surface area contributed by atoms with Gasteiger partial charge in [-0.25, -0.2) is 0 Å². The van der Waals surface area contributed by atoms with Gasteiger partial charge in [0.2, 0.25) is 11.8 Å². The maximum Gasteiger partial charge on any atom is 0.231 e. The monoisotopic (exact) mass is 369 g/mol. The lowest BCUT2D eigenvalue weighted by molar-refractivity contribution is -0.135. The van der Waals surface area contributed by atoms with Crippen LogP contribution in [-0.2, 0) is 16.0 Å². The van der Waals surface area contributed by atoms with E-state index in [9.17, 15) is 9.59 Å². The van der Waals surface area contributed by atoms with Gasteiger partial charge in [0.1, 0.15) is 0 Å². The lowest BCUT2D eigenvalue weighted by Crippen LogP contribution is -2.48. The first-order valence-electron chi connectivity index (χ1n) is 10.6. The molecule has 1 aliphatic carbocycles. The Balaban J connectivity index is 1.47. The van der Waals surface area contributed by atoms with E-state index in [0.29, 0.717) is 12.6 Å². The molecule has 4 unspecified atom stereocenters. The summed E-state index contributed by atoms with van der Waals surface area (Å²) in [5.74, 6) is -0.162. The van der Waals surface area contributed by atoms with Gasteiger partial charge in [-0.05, 0) is 57.2 Å². The van der Waals surface area contributed by atoms with Crippen molar-refractivity contribution in [1.82, 2.24) is 10.6 Å². The molecular weight excluding hydrogens is 338 g/mol. The molecule has 1 aromatic rings. The second-order valence-electron chi connectivity index (χ2n) is 8.43. The zero-order chi connectivity index (χ0) is 18.8. The Morgan fingerprint density at radius 1 is 1.11 bits per heavy atom. The number of amides is 2. The highest BCUT2D eigenvalue weighted by Gasteiger charge is 2.41. The number of anilines is 1. The van der Waals surface area contributed by atoms with E-state index in [1.807, 2.05) is 23.1 Å². The van der Waals surface area contributed by atoms with Crippen LogP contribution < -0.4 is 15.5 Å². The van der Waals surface area contributed by atoms with E-state index in [-0.39, 0.29) is 29.7 Å². The van der Waals surface area contributed by atoms with Crippen molar-refractivity contribution in [3.63, 3.8) is 0 Å². The van der Waals surface area contributed by atoms with Crippen LogP contribution in [-0.4, -0.2) is 37.0 Å². The smallest absolute Gasteiger partial charge is 0.231 e. The summed E-state index contributed by atoms with van der Waals surface area (Å²) in [7, 11) is 0. The number of hydrogen-bond donors (Lipinski definition) is 2. The minimum absolute atomic E-state index is 0.0712. The quantitative estimate of drug-likeness (QED) is 0.858. The number of nitrogens with zero attached hydrogens (tertiary/aromatic N) is 1. The minimum Gasteiger partial charge on any atom is -0.354 e. The van der Waals surface area contributed by atoms with E-state index in [1.54, 1.807) is 0 Å². The van der Waals surface area contributed by atoms with Gasteiger partial charge < -0.3 is 15.5 Å². The fourth-order valence-electron chi connectivity index (χ4n) is 5.11. The first kappa shape index (κ1) is 18.5. The van der Waals surface area contributed by atoms with Gasteiger partial charge in [-0.3, -0.25) is 9.59 Å². The van der Waals surface area contributed by atoms with Crippen molar-refractivity contribution in [2.24, 2.45) is 11.8 Å². The average molecular weight is 370 g/mol. The molecule has 0 aromatic heterocycles. The Morgan fingerprint density at radius 3 is 2.67 bits per heavy atom. The van der Waals surface area contributed by atoms with Crippen LogP contribution in [0.2, 0.25) is 0 Å². The van der Waals surface area contributed by atoms with E-state index in [0.717, 1.165) is 50.8 Å². The summed E-state index contributed by atoms with van der Waals surface area (Å²) in [4.78, 5) is 28.3. The van der Waals surface area contributed by atoms with E-state index in [1.165, 1.54) is 12.0 Å². The maximum atomic E-state index is 13.5. The Labute approximate surface area is 161 Å². The molecule has 0 spiro atoms. The van der Waals surface area contributed by atoms with Crippen molar-refractivity contribution in [3.8, 4) is 0 Å². The van der Waals surface area contributed by atoms with Crippen LogP contribution in [0.15, 0.2) is 24.3 Å². The summed E-state index contributed by atoms with van der Waals surface area (Å²) in [6, 6.07) is 8.74. The van der Waals surface area contributed by atoms with Gasteiger partial charge in [0, 0.05) is 30.2 Å². The fourth-order valence-corrected chi connectivity index (χ4v) is 5.11. The van der Waals surface area contributed by atoms with Crippen LogP contribution >= 0.6 is 0 Å². The molecule has 5 nitrogen and oxygen atoms in total. The molecule has 4 rings (SSSR count). The average Bonchev–Trinajstić information content (AvgIpc) is 3.32. The molecule has 2 fully saturated rings. The third-order valence-corrected chi connectivity index (χ3v) is 6.55. The molecule has 27 heavy (non-hydrogen) atoms.